The summed E-state index contributed by atoms with van der Waals surface area (Å²) >= 11 is 0. The standard InChI is InChI=1S/C10H16N2O3/c1-10(2,3)15-9(13)12-5-4-8(6-12)7-14-11/h4-6H,7,11H2,1-3H3. The van der Waals surface area contributed by atoms with Gasteiger partial charge in [-0.25, -0.2) is 10.7 Å². The monoisotopic (exact) mass is 212 g/mol. The van der Waals surface area contributed by atoms with E-state index in [-0.39, 0.29) is 6.61 Å². The Morgan fingerprint density at radius 1 is 1.53 bits per heavy atom. The Hall–Kier alpha value is -1.33. The van der Waals surface area contributed by atoms with Gasteiger partial charge < -0.3 is 4.74 Å². The average Bonchev–Trinajstić information content (AvgIpc) is 2.50. The third kappa shape index (κ3) is 3.73. The molecule has 2 N–H and O–H groups in total. The summed E-state index contributed by atoms with van der Waals surface area (Å²) in [7, 11) is 0. The van der Waals surface area contributed by atoms with Crippen LogP contribution < -0.4 is 5.90 Å². The zero-order chi connectivity index (χ0) is 11.5. The van der Waals surface area contributed by atoms with Gasteiger partial charge in [-0.05, 0) is 32.4 Å². The third-order valence-corrected chi connectivity index (χ3v) is 1.61. The SMILES string of the molecule is CC(C)(C)OC(=O)n1ccc(CON)c1. The fraction of sp³-hybridized carbons (Fsp3) is 0.500. The predicted molar refractivity (Wildman–Crippen MR) is 55.0 cm³/mol. The Kier molecular flexibility index (Phi) is 3.49. The normalized spacial score (nSPS) is 11.5. The summed E-state index contributed by atoms with van der Waals surface area (Å²) in [5, 5.41) is 0. The lowest BCUT2D eigenvalue weighted by Gasteiger charge is -2.19. The van der Waals surface area contributed by atoms with Gasteiger partial charge in [0.05, 0.1) is 6.61 Å². The highest BCUT2D eigenvalue weighted by Gasteiger charge is 2.17. The van der Waals surface area contributed by atoms with E-state index in [1.165, 1.54) is 4.57 Å². The second-order valence-electron chi connectivity index (χ2n) is 4.22. The largest absolute Gasteiger partial charge is 0.443 e. The smallest absolute Gasteiger partial charge is 0.418 e. The molecular formula is C10H16N2O3. The summed E-state index contributed by atoms with van der Waals surface area (Å²) in [6.45, 7) is 5.73. The lowest BCUT2D eigenvalue weighted by molar-refractivity contribution is 0.0536. The molecule has 0 fully saturated rings. The van der Waals surface area contributed by atoms with Gasteiger partial charge in [0, 0.05) is 12.4 Å². The highest BCUT2D eigenvalue weighted by atomic mass is 16.6. The molecule has 0 aromatic carbocycles. The second kappa shape index (κ2) is 4.46. The molecule has 0 amide bonds. The number of ether oxygens (including phenoxy) is 1. The van der Waals surface area contributed by atoms with Crippen LogP contribution in [-0.2, 0) is 16.2 Å². The molecule has 0 atom stereocenters. The lowest BCUT2D eigenvalue weighted by Crippen LogP contribution is -2.26. The Morgan fingerprint density at radius 2 is 2.20 bits per heavy atom. The Labute approximate surface area is 88.7 Å². The van der Waals surface area contributed by atoms with Crippen molar-refractivity contribution in [1.29, 1.82) is 0 Å². The number of carbonyl (C=O) groups is 1. The van der Waals surface area contributed by atoms with Crippen LogP contribution in [0.3, 0.4) is 0 Å². The molecular weight excluding hydrogens is 196 g/mol. The third-order valence-electron chi connectivity index (χ3n) is 1.61. The minimum Gasteiger partial charge on any atom is -0.443 e. The molecule has 0 saturated carbocycles. The van der Waals surface area contributed by atoms with E-state index in [2.05, 4.69) is 4.84 Å². The first-order chi connectivity index (χ1) is 6.92. The average molecular weight is 212 g/mol. The molecule has 84 valence electrons. The Morgan fingerprint density at radius 3 is 2.73 bits per heavy atom. The van der Waals surface area contributed by atoms with Crippen LogP contribution in [0.15, 0.2) is 18.5 Å². The number of rotatable bonds is 2. The van der Waals surface area contributed by atoms with Crippen LogP contribution in [0.25, 0.3) is 0 Å². The van der Waals surface area contributed by atoms with E-state index in [9.17, 15) is 4.79 Å². The van der Waals surface area contributed by atoms with Crippen LogP contribution in [-0.4, -0.2) is 16.3 Å². The molecule has 1 heterocycles. The van der Waals surface area contributed by atoms with Crippen molar-refractivity contribution >= 4 is 6.09 Å². The minimum atomic E-state index is -0.494. The summed E-state index contributed by atoms with van der Waals surface area (Å²) in [6, 6.07) is 1.75. The molecule has 15 heavy (non-hydrogen) atoms. The molecule has 0 aliphatic heterocycles. The van der Waals surface area contributed by atoms with Crippen molar-refractivity contribution in [2.45, 2.75) is 33.0 Å². The van der Waals surface area contributed by atoms with E-state index in [1.54, 1.807) is 18.5 Å². The highest BCUT2D eigenvalue weighted by molar-refractivity contribution is 5.71. The van der Waals surface area contributed by atoms with Gasteiger partial charge in [0.15, 0.2) is 0 Å². The van der Waals surface area contributed by atoms with E-state index >= 15 is 0 Å². The van der Waals surface area contributed by atoms with Gasteiger partial charge in [0.2, 0.25) is 0 Å². The summed E-state index contributed by atoms with van der Waals surface area (Å²) in [5.41, 5.74) is 0.328. The van der Waals surface area contributed by atoms with Crippen LogP contribution in [0.2, 0.25) is 0 Å². The van der Waals surface area contributed by atoms with Crippen molar-refractivity contribution in [1.82, 2.24) is 4.57 Å². The fourth-order valence-corrected chi connectivity index (χ4v) is 1.05. The number of carbonyl (C=O) groups excluding carboxylic acids is 1. The van der Waals surface area contributed by atoms with Gasteiger partial charge in [0.1, 0.15) is 5.60 Å². The van der Waals surface area contributed by atoms with E-state index < -0.39 is 11.7 Å². The minimum absolute atomic E-state index is 0.274. The van der Waals surface area contributed by atoms with E-state index in [0.29, 0.717) is 0 Å². The quantitative estimate of drug-likeness (QED) is 0.757. The number of hydrogen-bond acceptors (Lipinski definition) is 4. The molecule has 0 unspecified atom stereocenters. The molecule has 0 aliphatic rings. The molecule has 5 heteroatoms. The zero-order valence-corrected chi connectivity index (χ0v) is 9.19. The molecule has 0 saturated heterocycles. The van der Waals surface area contributed by atoms with Crippen LogP contribution in [0.4, 0.5) is 4.79 Å². The number of nitrogens with zero attached hydrogens (tertiary/aromatic N) is 1. The molecule has 0 spiro atoms. The zero-order valence-electron chi connectivity index (χ0n) is 9.19. The molecule has 0 aliphatic carbocycles. The Bertz CT molecular complexity index is 339. The first kappa shape index (κ1) is 11.7. The van der Waals surface area contributed by atoms with Gasteiger partial charge >= 0.3 is 6.09 Å². The molecule has 0 radical (unpaired) electrons. The van der Waals surface area contributed by atoms with Gasteiger partial charge in [-0.2, -0.15) is 0 Å². The Balaban J connectivity index is 2.66. The second-order valence-corrected chi connectivity index (χ2v) is 4.22. The van der Waals surface area contributed by atoms with E-state index in [1.807, 2.05) is 20.8 Å². The lowest BCUT2D eigenvalue weighted by atomic mass is 10.2. The van der Waals surface area contributed by atoms with Crippen molar-refractivity contribution in [3.63, 3.8) is 0 Å². The van der Waals surface area contributed by atoms with Gasteiger partial charge in [-0.3, -0.25) is 9.40 Å². The van der Waals surface area contributed by atoms with E-state index in [4.69, 9.17) is 10.6 Å². The predicted octanol–water partition coefficient (Wildman–Crippen LogP) is 1.66. The van der Waals surface area contributed by atoms with Gasteiger partial charge in [-0.15, -0.1) is 0 Å². The first-order valence-electron chi connectivity index (χ1n) is 4.64. The molecule has 1 aromatic heterocycles. The van der Waals surface area contributed by atoms with Crippen molar-refractivity contribution in [3.05, 3.63) is 24.0 Å². The molecule has 5 nitrogen and oxygen atoms in total. The van der Waals surface area contributed by atoms with Gasteiger partial charge in [-0.1, -0.05) is 0 Å². The van der Waals surface area contributed by atoms with Crippen molar-refractivity contribution in [3.8, 4) is 0 Å². The van der Waals surface area contributed by atoms with Gasteiger partial charge in [0.25, 0.3) is 0 Å². The maximum absolute atomic E-state index is 11.5. The molecule has 1 rings (SSSR count). The number of aromatic nitrogens is 1. The topological polar surface area (TPSA) is 66.5 Å². The summed E-state index contributed by atoms with van der Waals surface area (Å²) < 4.78 is 6.53. The maximum Gasteiger partial charge on any atom is 0.418 e. The van der Waals surface area contributed by atoms with Crippen LogP contribution in [0.1, 0.15) is 26.3 Å². The van der Waals surface area contributed by atoms with Crippen LogP contribution in [0.5, 0.6) is 0 Å². The summed E-state index contributed by atoms with van der Waals surface area (Å²) in [6.07, 6.45) is 2.83. The highest BCUT2D eigenvalue weighted by Crippen LogP contribution is 2.10. The summed E-state index contributed by atoms with van der Waals surface area (Å²) in [4.78, 5) is 16.0. The van der Waals surface area contributed by atoms with Crippen LogP contribution in [0, 0.1) is 0 Å². The van der Waals surface area contributed by atoms with Crippen molar-refractivity contribution in [2.75, 3.05) is 0 Å². The molecule has 0 bridgehead atoms. The maximum atomic E-state index is 11.5. The fourth-order valence-electron chi connectivity index (χ4n) is 1.05. The van der Waals surface area contributed by atoms with E-state index in [0.717, 1.165) is 5.56 Å². The van der Waals surface area contributed by atoms with Crippen molar-refractivity contribution < 1.29 is 14.4 Å². The van der Waals surface area contributed by atoms with Crippen molar-refractivity contribution in [2.24, 2.45) is 5.90 Å². The molecule has 1 aromatic rings. The van der Waals surface area contributed by atoms with Crippen LogP contribution >= 0.6 is 0 Å². The number of nitrogens with two attached hydrogens (primary N) is 1. The number of hydrogen-bond donors (Lipinski definition) is 1. The summed E-state index contributed by atoms with van der Waals surface area (Å²) in [5.74, 6) is 4.92. The first-order valence-corrected chi connectivity index (χ1v) is 4.64.